The van der Waals surface area contributed by atoms with Gasteiger partial charge in [-0.2, -0.15) is 0 Å². The van der Waals surface area contributed by atoms with E-state index in [0.717, 1.165) is 11.3 Å². The van der Waals surface area contributed by atoms with E-state index in [1.165, 1.54) is 0 Å². The highest BCUT2D eigenvalue weighted by Crippen LogP contribution is 2.12. The Bertz CT molecular complexity index is 447. The molecule has 1 rings (SSSR count). The van der Waals surface area contributed by atoms with Crippen LogP contribution in [-0.2, 0) is 20.7 Å². The van der Waals surface area contributed by atoms with Gasteiger partial charge in [-0.1, -0.05) is 12.1 Å². The number of hydrogen-bond donors (Lipinski definition) is 2. The van der Waals surface area contributed by atoms with E-state index in [9.17, 15) is 9.59 Å². The number of halogens is 1. The number of carbonyl (C=O) groups excluding carboxylic acids is 2. The monoisotopic (exact) mass is 314 g/mol. The van der Waals surface area contributed by atoms with Crippen LogP contribution in [0.3, 0.4) is 0 Å². The normalized spacial score (nSPS) is 11.2. The maximum Gasteiger partial charge on any atom is 0.306 e. The van der Waals surface area contributed by atoms with Crippen molar-refractivity contribution in [3.8, 4) is 0 Å². The Labute approximate surface area is 131 Å². The van der Waals surface area contributed by atoms with Crippen molar-refractivity contribution >= 4 is 30.0 Å². The number of esters is 1. The number of rotatable bonds is 7. The van der Waals surface area contributed by atoms with Crippen molar-refractivity contribution in [2.45, 2.75) is 39.2 Å². The smallest absolute Gasteiger partial charge is 0.306 e. The lowest BCUT2D eigenvalue weighted by molar-refractivity contribution is -0.143. The fourth-order valence-corrected chi connectivity index (χ4v) is 1.74. The SMILES string of the molecule is CCOC(=O)CCc1ccc(NC(=O)CC(C)N)cc1.Cl. The molecule has 0 radical (unpaired) electrons. The highest BCUT2D eigenvalue weighted by molar-refractivity contribution is 5.91. The molecule has 0 saturated heterocycles. The van der Waals surface area contributed by atoms with Crippen molar-refractivity contribution in [2.75, 3.05) is 11.9 Å². The summed E-state index contributed by atoms with van der Waals surface area (Å²) in [5.74, 6) is -0.291. The molecule has 1 amide bonds. The van der Waals surface area contributed by atoms with Gasteiger partial charge < -0.3 is 15.8 Å². The van der Waals surface area contributed by atoms with Crippen LogP contribution < -0.4 is 11.1 Å². The van der Waals surface area contributed by atoms with Crippen LogP contribution in [0.15, 0.2) is 24.3 Å². The topological polar surface area (TPSA) is 81.4 Å². The molecule has 0 bridgehead atoms. The van der Waals surface area contributed by atoms with Gasteiger partial charge in [0.2, 0.25) is 5.91 Å². The third-order valence-electron chi connectivity index (χ3n) is 2.67. The average Bonchev–Trinajstić information content (AvgIpc) is 2.37. The van der Waals surface area contributed by atoms with Gasteiger partial charge in [0.25, 0.3) is 0 Å². The van der Waals surface area contributed by atoms with E-state index < -0.39 is 0 Å². The molecule has 0 fully saturated rings. The number of ether oxygens (including phenoxy) is 1. The van der Waals surface area contributed by atoms with E-state index in [4.69, 9.17) is 10.5 Å². The quantitative estimate of drug-likeness (QED) is 0.757. The lowest BCUT2D eigenvalue weighted by Gasteiger charge is -2.08. The van der Waals surface area contributed by atoms with Crippen molar-refractivity contribution in [1.82, 2.24) is 0 Å². The van der Waals surface area contributed by atoms with Crippen LogP contribution in [0.1, 0.15) is 32.3 Å². The summed E-state index contributed by atoms with van der Waals surface area (Å²) in [5, 5.41) is 2.78. The number of carbonyl (C=O) groups is 2. The molecule has 118 valence electrons. The first-order valence-electron chi connectivity index (χ1n) is 6.81. The molecule has 21 heavy (non-hydrogen) atoms. The summed E-state index contributed by atoms with van der Waals surface area (Å²) in [6.07, 6.45) is 1.29. The van der Waals surface area contributed by atoms with Gasteiger partial charge >= 0.3 is 5.97 Å². The number of nitrogens with two attached hydrogens (primary N) is 1. The van der Waals surface area contributed by atoms with E-state index in [1.54, 1.807) is 13.8 Å². The number of hydrogen-bond acceptors (Lipinski definition) is 4. The Morgan fingerprint density at radius 1 is 1.29 bits per heavy atom. The van der Waals surface area contributed by atoms with Gasteiger partial charge in [0, 0.05) is 24.6 Å². The molecule has 0 aliphatic heterocycles. The van der Waals surface area contributed by atoms with E-state index in [-0.39, 0.29) is 30.3 Å². The van der Waals surface area contributed by atoms with E-state index in [2.05, 4.69) is 5.32 Å². The highest BCUT2D eigenvalue weighted by Gasteiger charge is 2.06. The van der Waals surface area contributed by atoms with Crippen molar-refractivity contribution in [3.63, 3.8) is 0 Å². The summed E-state index contributed by atoms with van der Waals surface area (Å²) >= 11 is 0. The third-order valence-corrected chi connectivity index (χ3v) is 2.67. The summed E-state index contributed by atoms with van der Waals surface area (Å²) in [7, 11) is 0. The second-order valence-corrected chi connectivity index (χ2v) is 4.73. The molecular weight excluding hydrogens is 292 g/mol. The second kappa shape index (κ2) is 10.2. The minimum Gasteiger partial charge on any atom is -0.466 e. The number of nitrogens with one attached hydrogen (secondary N) is 1. The molecule has 1 aromatic rings. The summed E-state index contributed by atoms with van der Waals surface area (Å²) in [6, 6.07) is 7.26. The Kier molecular flexibility index (Phi) is 9.41. The molecule has 0 aliphatic rings. The Hall–Kier alpha value is -1.59. The van der Waals surface area contributed by atoms with Crippen LogP contribution in [0.5, 0.6) is 0 Å². The summed E-state index contributed by atoms with van der Waals surface area (Å²) in [4.78, 5) is 22.8. The molecule has 1 unspecified atom stereocenters. The third kappa shape index (κ3) is 8.32. The zero-order valence-electron chi connectivity index (χ0n) is 12.4. The molecule has 0 aliphatic carbocycles. The van der Waals surface area contributed by atoms with E-state index in [1.807, 2.05) is 24.3 Å². The molecule has 0 aromatic heterocycles. The second-order valence-electron chi connectivity index (χ2n) is 4.73. The molecular formula is C15H23ClN2O3. The molecule has 0 heterocycles. The van der Waals surface area contributed by atoms with Gasteiger partial charge in [-0.3, -0.25) is 9.59 Å². The number of amides is 1. The minimum absolute atomic E-state index is 0. The van der Waals surface area contributed by atoms with E-state index in [0.29, 0.717) is 25.9 Å². The molecule has 5 nitrogen and oxygen atoms in total. The van der Waals surface area contributed by atoms with Gasteiger partial charge in [0.15, 0.2) is 0 Å². The van der Waals surface area contributed by atoms with Crippen LogP contribution in [0, 0.1) is 0 Å². The van der Waals surface area contributed by atoms with Crippen LogP contribution in [-0.4, -0.2) is 24.5 Å². The highest BCUT2D eigenvalue weighted by atomic mass is 35.5. The first-order chi connectivity index (χ1) is 9.51. The first-order valence-corrected chi connectivity index (χ1v) is 6.81. The fourth-order valence-electron chi connectivity index (χ4n) is 1.74. The lowest BCUT2D eigenvalue weighted by atomic mass is 10.1. The van der Waals surface area contributed by atoms with E-state index >= 15 is 0 Å². The zero-order valence-corrected chi connectivity index (χ0v) is 13.2. The van der Waals surface area contributed by atoms with Crippen molar-refractivity contribution < 1.29 is 14.3 Å². The predicted octanol–water partition coefficient (Wildman–Crippen LogP) is 2.28. The van der Waals surface area contributed by atoms with Crippen LogP contribution >= 0.6 is 12.4 Å². The van der Waals surface area contributed by atoms with Gasteiger partial charge in [0.1, 0.15) is 0 Å². The first kappa shape index (κ1) is 19.4. The molecule has 3 N–H and O–H groups in total. The maximum absolute atomic E-state index is 11.5. The summed E-state index contributed by atoms with van der Waals surface area (Å²) in [6.45, 7) is 3.99. The number of benzene rings is 1. The predicted molar refractivity (Wildman–Crippen MR) is 85.5 cm³/mol. The number of aryl methyl sites for hydroxylation is 1. The van der Waals surface area contributed by atoms with Crippen molar-refractivity contribution in [3.05, 3.63) is 29.8 Å². The van der Waals surface area contributed by atoms with Gasteiger partial charge in [0.05, 0.1) is 6.61 Å². The molecule has 1 aromatic carbocycles. The van der Waals surface area contributed by atoms with Gasteiger partial charge in [-0.05, 0) is 38.0 Å². The van der Waals surface area contributed by atoms with Gasteiger partial charge in [-0.25, -0.2) is 0 Å². The zero-order chi connectivity index (χ0) is 15.0. The molecule has 1 atom stereocenters. The molecule has 0 spiro atoms. The maximum atomic E-state index is 11.5. The Morgan fingerprint density at radius 2 is 1.90 bits per heavy atom. The number of anilines is 1. The molecule has 6 heteroatoms. The van der Waals surface area contributed by atoms with Crippen molar-refractivity contribution in [1.29, 1.82) is 0 Å². The lowest BCUT2D eigenvalue weighted by Crippen LogP contribution is -2.23. The Balaban J connectivity index is 0.00000400. The van der Waals surface area contributed by atoms with Gasteiger partial charge in [-0.15, -0.1) is 12.4 Å². The largest absolute Gasteiger partial charge is 0.466 e. The van der Waals surface area contributed by atoms with Crippen LogP contribution in [0.2, 0.25) is 0 Å². The fraction of sp³-hybridized carbons (Fsp3) is 0.467. The molecule has 0 saturated carbocycles. The standard InChI is InChI=1S/C15H22N2O3.ClH/c1-3-20-15(19)9-6-12-4-7-13(8-5-12)17-14(18)10-11(2)16;/h4-5,7-8,11H,3,6,9-10,16H2,1-2H3,(H,17,18);1H. The van der Waals surface area contributed by atoms with Crippen molar-refractivity contribution in [2.24, 2.45) is 5.73 Å². The minimum atomic E-state index is -0.193. The summed E-state index contributed by atoms with van der Waals surface area (Å²) in [5.41, 5.74) is 7.32. The van der Waals surface area contributed by atoms with Crippen LogP contribution in [0.4, 0.5) is 5.69 Å². The Morgan fingerprint density at radius 3 is 2.43 bits per heavy atom. The van der Waals surface area contributed by atoms with Crippen LogP contribution in [0.25, 0.3) is 0 Å². The average molecular weight is 315 g/mol. The summed E-state index contributed by atoms with van der Waals surface area (Å²) < 4.78 is 4.87.